The van der Waals surface area contributed by atoms with E-state index in [1.54, 1.807) is 12.1 Å². The summed E-state index contributed by atoms with van der Waals surface area (Å²) < 4.78 is 0. The second-order valence-corrected chi connectivity index (χ2v) is 4.46. The Morgan fingerprint density at radius 1 is 0.850 bits per heavy atom. The van der Waals surface area contributed by atoms with Gasteiger partial charge in [0.25, 0.3) is 5.69 Å². The van der Waals surface area contributed by atoms with E-state index in [1.807, 2.05) is 30.3 Å². The number of non-ortho nitro benzene ring substituents is 1. The van der Waals surface area contributed by atoms with E-state index < -0.39 is 4.92 Å². The van der Waals surface area contributed by atoms with Gasteiger partial charge in [-0.2, -0.15) is 0 Å². The predicted octanol–water partition coefficient (Wildman–Crippen LogP) is 4.49. The molecule has 98 valence electrons. The minimum absolute atomic E-state index is 0.0912. The Balaban J connectivity index is 1.95. The first kappa shape index (κ1) is 12.2. The predicted molar refractivity (Wildman–Crippen MR) is 80.3 cm³/mol. The van der Waals surface area contributed by atoms with Crippen LogP contribution in [0.4, 0.5) is 17.1 Å². The SMILES string of the molecule is O=[N+]([O-])c1ccc(Nc2cccc3ccccc23)cc1. The molecule has 0 aliphatic heterocycles. The summed E-state index contributed by atoms with van der Waals surface area (Å²) in [6.07, 6.45) is 0. The molecule has 3 rings (SSSR count). The van der Waals surface area contributed by atoms with E-state index in [-0.39, 0.29) is 5.69 Å². The first-order valence-electron chi connectivity index (χ1n) is 6.23. The molecule has 3 aromatic carbocycles. The monoisotopic (exact) mass is 264 g/mol. The van der Waals surface area contributed by atoms with Gasteiger partial charge in [-0.1, -0.05) is 36.4 Å². The van der Waals surface area contributed by atoms with Crippen molar-refractivity contribution in [2.24, 2.45) is 0 Å². The lowest BCUT2D eigenvalue weighted by molar-refractivity contribution is -0.384. The highest BCUT2D eigenvalue weighted by atomic mass is 16.6. The van der Waals surface area contributed by atoms with E-state index in [2.05, 4.69) is 17.4 Å². The maximum Gasteiger partial charge on any atom is 0.269 e. The van der Waals surface area contributed by atoms with Gasteiger partial charge in [0.1, 0.15) is 0 Å². The third kappa shape index (κ3) is 2.31. The summed E-state index contributed by atoms with van der Waals surface area (Å²) in [6, 6.07) is 20.5. The number of nitrogens with zero attached hydrogens (tertiary/aromatic N) is 1. The van der Waals surface area contributed by atoms with Crippen molar-refractivity contribution in [1.82, 2.24) is 0 Å². The smallest absolute Gasteiger partial charge is 0.269 e. The highest BCUT2D eigenvalue weighted by Crippen LogP contribution is 2.27. The largest absolute Gasteiger partial charge is 0.355 e. The van der Waals surface area contributed by atoms with Crippen LogP contribution in [-0.4, -0.2) is 4.92 Å². The molecule has 0 saturated carbocycles. The first-order chi connectivity index (χ1) is 9.74. The molecule has 0 heterocycles. The molecule has 0 radical (unpaired) electrons. The summed E-state index contributed by atoms with van der Waals surface area (Å²) in [6.45, 7) is 0. The zero-order valence-electron chi connectivity index (χ0n) is 10.6. The number of hydrogen-bond donors (Lipinski definition) is 1. The molecule has 0 atom stereocenters. The van der Waals surface area contributed by atoms with Crippen LogP contribution in [0.1, 0.15) is 0 Å². The van der Waals surface area contributed by atoms with Gasteiger partial charge in [-0.3, -0.25) is 10.1 Å². The Bertz CT molecular complexity index is 762. The van der Waals surface area contributed by atoms with Gasteiger partial charge < -0.3 is 5.32 Å². The number of nitro groups is 1. The summed E-state index contributed by atoms with van der Waals surface area (Å²) in [5, 5.41) is 16.2. The summed E-state index contributed by atoms with van der Waals surface area (Å²) in [7, 11) is 0. The number of nitro benzene ring substituents is 1. The molecule has 0 spiro atoms. The van der Waals surface area contributed by atoms with Crippen molar-refractivity contribution in [3.05, 3.63) is 76.8 Å². The number of anilines is 2. The van der Waals surface area contributed by atoms with Crippen LogP contribution in [0.25, 0.3) is 10.8 Å². The van der Waals surface area contributed by atoms with Gasteiger partial charge >= 0.3 is 0 Å². The topological polar surface area (TPSA) is 55.2 Å². The Morgan fingerprint density at radius 2 is 1.55 bits per heavy atom. The summed E-state index contributed by atoms with van der Waals surface area (Å²) in [4.78, 5) is 10.2. The molecule has 0 saturated heterocycles. The fourth-order valence-electron chi connectivity index (χ4n) is 2.16. The second kappa shape index (κ2) is 5.01. The lowest BCUT2D eigenvalue weighted by atomic mass is 10.1. The van der Waals surface area contributed by atoms with Crippen molar-refractivity contribution in [2.75, 3.05) is 5.32 Å². The quantitative estimate of drug-likeness (QED) is 0.560. The molecule has 4 nitrogen and oxygen atoms in total. The minimum atomic E-state index is -0.401. The Labute approximate surface area is 115 Å². The van der Waals surface area contributed by atoms with Gasteiger partial charge in [0, 0.05) is 28.9 Å². The Morgan fingerprint density at radius 3 is 2.30 bits per heavy atom. The van der Waals surface area contributed by atoms with Crippen molar-refractivity contribution >= 4 is 27.8 Å². The van der Waals surface area contributed by atoms with Crippen molar-refractivity contribution in [3.63, 3.8) is 0 Å². The van der Waals surface area contributed by atoms with Crippen LogP contribution in [0.3, 0.4) is 0 Å². The van der Waals surface area contributed by atoms with Crippen molar-refractivity contribution < 1.29 is 4.92 Å². The molecule has 0 unspecified atom stereocenters. The number of nitrogens with one attached hydrogen (secondary N) is 1. The van der Waals surface area contributed by atoms with Gasteiger partial charge in [-0.25, -0.2) is 0 Å². The molecule has 0 aliphatic carbocycles. The molecule has 0 aliphatic rings. The maximum absolute atomic E-state index is 10.6. The molecule has 4 heteroatoms. The fourth-order valence-corrected chi connectivity index (χ4v) is 2.16. The normalized spacial score (nSPS) is 10.4. The summed E-state index contributed by atoms with van der Waals surface area (Å²) in [5.74, 6) is 0. The fraction of sp³-hybridized carbons (Fsp3) is 0. The average Bonchev–Trinajstić information content (AvgIpc) is 2.48. The third-order valence-electron chi connectivity index (χ3n) is 3.15. The molecule has 3 aromatic rings. The lowest BCUT2D eigenvalue weighted by Gasteiger charge is -2.09. The molecule has 0 bridgehead atoms. The molecular formula is C16H12N2O2. The highest BCUT2D eigenvalue weighted by Gasteiger charge is 2.05. The van der Waals surface area contributed by atoms with Gasteiger partial charge in [0.2, 0.25) is 0 Å². The molecule has 0 fully saturated rings. The lowest BCUT2D eigenvalue weighted by Crippen LogP contribution is -1.92. The minimum Gasteiger partial charge on any atom is -0.355 e. The van der Waals surface area contributed by atoms with E-state index >= 15 is 0 Å². The van der Waals surface area contributed by atoms with Crippen LogP contribution < -0.4 is 5.32 Å². The number of fused-ring (bicyclic) bond motifs is 1. The molecular weight excluding hydrogens is 252 g/mol. The average molecular weight is 264 g/mol. The van der Waals surface area contributed by atoms with E-state index in [0.29, 0.717) is 0 Å². The van der Waals surface area contributed by atoms with Gasteiger partial charge in [-0.15, -0.1) is 0 Å². The van der Waals surface area contributed by atoms with E-state index in [4.69, 9.17) is 0 Å². The third-order valence-corrected chi connectivity index (χ3v) is 3.15. The van der Waals surface area contributed by atoms with Crippen LogP contribution in [0.15, 0.2) is 66.7 Å². The first-order valence-corrected chi connectivity index (χ1v) is 6.23. The van der Waals surface area contributed by atoms with Crippen molar-refractivity contribution in [2.45, 2.75) is 0 Å². The van der Waals surface area contributed by atoms with Crippen LogP contribution in [-0.2, 0) is 0 Å². The van der Waals surface area contributed by atoms with Gasteiger partial charge in [0.15, 0.2) is 0 Å². The molecule has 1 N–H and O–H groups in total. The summed E-state index contributed by atoms with van der Waals surface area (Å²) >= 11 is 0. The number of rotatable bonds is 3. The highest BCUT2D eigenvalue weighted by molar-refractivity contribution is 5.95. The second-order valence-electron chi connectivity index (χ2n) is 4.46. The van der Waals surface area contributed by atoms with E-state index in [0.717, 1.165) is 22.1 Å². The molecule has 0 amide bonds. The molecule has 20 heavy (non-hydrogen) atoms. The molecule has 0 aromatic heterocycles. The summed E-state index contributed by atoms with van der Waals surface area (Å²) in [5.41, 5.74) is 1.90. The van der Waals surface area contributed by atoms with Crippen LogP contribution in [0.2, 0.25) is 0 Å². The zero-order chi connectivity index (χ0) is 13.9. The van der Waals surface area contributed by atoms with Crippen LogP contribution in [0, 0.1) is 10.1 Å². The van der Waals surface area contributed by atoms with Crippen molar-refractivity contribution in [1.29, 1.82) is 0 Å². The van der Waals surface area contributed by atoms with Crippen molar-refractivity contribution in [3.8, 4) is 0 Å². The van der Waals surface area contributed by atoms with Gasteiger partial charge in [-0.05, 0) is 23.6 Å². The van der Waals surface area contributed by atoms with Crippen LogP contribution in [0.5, 0.6) is 0 Å². The van der Waals surface area contributed by atoms with Gasteiger partial charge in [0.05, 0.1) is 4.92 Å². The van der Waals surface area contributed by atoms with Crippen LogP contribution >= 0.6 is 0 Å². The number of benzene rings is 3. The maximum atomic E-state index is 10.6. The standard InChI is InChI=1S/C16H12N2O2/c19-18(20)14-10-8-13(9-11-14)17-16-7-3-5-12-4-1-2-6-15(12)16/h1-11,17H. The Hall–Kier alpha value is -2.88. The van der Waals surface area contributed by atoms with E-state index in [1.165, 1.54) is 12.1 Å². The number of hydrogen-bond acceptors (Lipinski definition) is 3. The zero-order valence-corrected chi connectivity index (χ0v) is 10.6. The Kier molecular flexibility index (Phi) is 3.05. The van der Waals surface area contributed by atoms with E-state index in [9.17, 15) is 10.1 Å².